The molecule has 0 N–H and O–H groups in total. The maximum absolute atomic E-state index is 11.0. The fourth-order valence-electron chi connectivity index (χ4n) is 2.96. The van der Waals surface area contributed by atoms with E-state index >= 15 is 0 Å². The summed E-state index contributed by atoms with van der Waals surface area (Å²) in [7, 11) is 0. The average Bonchev–Trinajstić information content (AvgIpc) is 3.09. The number of anilines is 1. The van der Waals surface area contributed by atoms with Gasteiger partial charge < -0.3 is 14.5 Å². The summed E-state index contributed by atoms with van der Waals surface area (Å²) in [6.07, 6.45) is 3.25. The van der Waals surface area contributed by atoms with Crippen LogP contribution in [0.1, 0.15) is 33.1 Å². The summed E-state index contributed by atoms with van der Waals surface area (Å²) in [5.74, 6) is 0.639. The summed E-state index contributed by atoms with van der Waals surface area (Å²) in [5, 5.41) is 11.0. The summed E-state index contributed by atoms with van der Waals surface area (Å²) >= 11 is 0. The number of hydrogen-bond donors (Lipinski definition) is 0. The molecule has 1 fully saturated rings. The zero-order valence-electron chi connectivity index (χ0n) is 14.2. The first-order valence-electron chi connectivity index (χ1n) is 8.54. The molecule has 1 aliphatic heterocycles. The fraction of sp³-hybridized carbons (Fsp3) is 0.647. The van der Waals surface area contributed by atoms with Crippen LogP contribution in [0.5, 0.6) is 5.75 Å². The molecule has 0 amide bonds. The fourth-order valence-corrected chi connectivity index (χ4v) is 2.96. The minimum absolute atomic E-state index is 0.0895. The van der Waals surface area contributed by atoms with Gasteiger partial charge in [0.15, 0.2) is 0 Å². The monoisotopic (exact) mass is 321 g/mol. The van der Waals surface area contributed by atoms with Crippen molar-refractivity contribution >= 4 is 11.4 Å². The van der Waals surface area contributed by atoms with Crippen molar-refractivity contribution in [2.45, 2.75) is 33.1 Å². The predicted molar refractivity (Wildman–Crippen MR) is 92.4 cm³/mol. The Hall–Kier alpha value is -1.82. The van der Waals surface area contributed by atoms with Crippen molar-refractivity contribution < 1.29 is 9.66 Å². The zero-order valence-corrected chi connectivity index (χ0v) is 14.2. The number of nitrogens with zero attached hydrogens (tertiary/aromatic N) is 3. The first-order chi connectivity index (χ1) is 11.2. The molecule has 0 spiro atoms. The van der Waals surface area contributed by atoms with E-state index in [0.29, 0.717) is 12.4 Å². The molecule has 0 bridgehead atoms. The van der Waals surface area contributed by atoms with Gasteiger partial charge in [-0.3, -0.25) is 10.1 Å². The van der Waals surface area contributed by atoms with Crippen LogP contribution in [0.2, 0.25) is 0 Å². The van der Waals surface area contributed by atoms with E-state index in [1.165, 1.54) is 12.8 Å². The molecule has 128 valence electrons. The molecular formula is C17H27N3O3. The topological polar surface area (TPSA) is 58.9 Å². The number of benzene rings is 1. The van der Waals surface area contributed by atoms with Gasteiger partial charge in [-0.15, -0.1) is 0 Å². The number of hydrogen-bond acceptors (Lipinski definition) is 5. The maximum Gasteiger partial charge on any atom is 0.273 e. The lowest BCUT2D eigenvalue weighted by Gasteiger charge is -2.22. The lowest BCUT2D eigenvalue weighted by atomic mass is 10.2. The van der Waals surface area contributed by atoms with Crippen molar-refractivity contribution in [2.24, 2.45) is 0 Å². The van der Waals surface area contributed by atoms with Crippen molar-refractivity contribution in [1.82, 2.24) is 4.90 Å². The van der Waals surface area contributed by atoms with Crippen molar-refractivity contribution in [3.63, 3.8) is 0 Å². The minimum atomic E-state index is -0.365. The van der Waals surface area contributed by atoms with Crippen LogP contribution in [0.4, 0.5) is 11.4 Å². The van der Waals surface area contributed by atoms with Gasteiger partial charge in [-0.25, -0.2) is 0 Å². The molecule has 6 heteroatoms. The first-order valence-corrected chi connectivity index (χ1v) is 8.54. The molecule has 2 rings (SSSR count). The van der Waals surface area contributed by atoms with Gasteiger partial charge in [0.25, 0.3) is 5.69 Å². The smallest absolute Gasteiger partial charge is 0.273 e. The third kappa shape index (κ3) is 4.82. The van der Waals surface area contributed by atoms with Crippen LogP contribution in [-0.2, 0) is 0 Å². The van der Waals surface area contributed by atoms with Gasteiger partial charge in [0.2, 0.25) is 0 Å². The van der Waals surface area contributed by atoms with Crippen LogP contribution in [0, 0.1) is 10.1 Å². The van der Waals surface area contributed by atoms with E-state index in [1.54, 1.807) is 12.1 Å². The normalized spacial score (nSPS) is 14.5. The molecule has 1 aliphatic rings. The molecular weight excluding hydrogens is 294 g/mol. The molecule has 0 unspecified atom stereocenters. The van der Waals surface area contributed by atoms with Crippen molar-refractivity contribution in [3.8, 4) is 5.75 Å². The molecule has 1 saturated heterocycles. The SMILES string of the molecule is CCN(CC)CCCOc1cc([N+](=O)[O-])ccc1N1CCCC1. The van der Waals surface area contributed by atoms with Gasteiger partial charge in [-0.2, -0.15) is 0 Å². The number of ether oxygens (including phenoxy) is 1. The second-order valence-corrected chi connectivity index (χ2v) is 5.83. The Balaban J connectivity index is 2.01. The van der Waals surface area contributed by atoms with Gasteiger partial charge in [0, 0.05) is 25.7 Å². The predicted octanol–water partition coefficient (Wildman–Crippen LogP) is 3.31. The van der Waals surface area contributed by atoms with Crippen LogP contribution in [0.3, 0.4) is 0 Å². The Morgan fingerprint density at radius 3 is 2.57 bits per heavy atom. The Kier molecular flexibility index (Phi) is 6.65. The van der Waals surface area contributed by atoms with Crippen LogP contribution in [-0.4, -0.2) is 49.2 Å². The van der Waals surface area contributed by atoms with Gasteiger partial charge >= 0.3 is 0 Å². The highest BCUT2D eigenvalue weighted by Gasteiger charge is 2.19. The summed E-state index contributed by atoms with van der Waals surface area (Å²) in [5.41, 5.74) is 1.07. The van der Waals surface area contributed by atoms with E-state index in [2.05, 4.69) is 23.6 Å². The Labute approximate surface area is 138 Å². The van der Waals surface area contributed by atoms with Crippen LogP contribution < -0.4 is 9.64 Å². The van der Waals surface area contributed by atoms with E-state index in [0.717, 1.165) is 44.8 Å². The Morgan fingerprint density at radius 2 is 1.96 bits per heavy atom. The Bertz CT molecular complexity index is 512. The quantitative estimate of drug-likeness (QED) is 0.397. The highest BCUT2D eigenvalue weighted by Crippen LogP contribution is 2.34. The lowest BCUT2D eigenvalue weighted by molar-refractivity contribution is -0.384. The highest BCUT2D eigenvalue weighted by atomic mass is 16.6. The Morgan fingerprint density at radius 1 is 1.26 bits per heavy atom. The standard InChI is InChI=1S/C17H27N3O3/c1-3-18(4-2)10-7-13-23-17-14-15(20(21)22)8-9-16(17)19-11-5-6-12-19/h8-9,14H,3-7,10-13H2,1-2H3. The van der Waals surface area contributed by atoms with E-state index in [9.17, 15) is 10.1 Å². The summed E-state index contributed by atoms with van der Waals surface area (Å²) in [6.45, 7) is 9.92. The van der Waals surface area contributed by atoms with E-state index in [-0.39, 0.29) is 10.6 Å². The van der Waals surface area contributed by atoms with Crippen molar-refractivity contribution in [3.05, 3.63) is 28.3 Å². The summed E-state index contributed by atoms with van der Waals surface area (Å²) in [6, 6.07) is 4.95. The van der Waals surface area contributed by atoms with Crippen molar-refractivity contribution in [1.29, 1.82) is 0 Å². The molecule has 1 aromatic rings. The van der Waals surface area contributed by atoms with E-state index in [4.69, 9.17) is 4.74 Å². The van der Waals surface area contributed by atoms with E-state index < -0.39 is 0 Å². The molecule has 6 nitrogen and oxygen atoms in total. The maximum atomic E-state index is 11.0. The highest BCUT2D eigenvalue weighted by molar-refractivity contribution is 5.62. The zero-order chi connectivity index (χ0) is 16.7. The minimum Gasteiger partial charge on any atom is -0.491 e. The van der Waals surface area contributed by atoms with Crippen molar-refractivity contribution in [2.75, 3.05) is 44.2 Å². The lowest BCUT2D eigenvalue weighted by Crippen LogP contribution is -2.25. The van der Waals surface area contributed by atoms with Gasteiger partial charge in [0.05, 0.1) is 23.3 Å². The first kappa shape index (κ1) is 17.5. The third-order valence-corrected chi connectivity index (χ3v) is 4.37. The number of non-ortho nitro benzene ring substituents is 1. The molecule has 0 radical (unpaired) electrons. The molecule has 0 atom stereocenters. The second-order valence-electron chi connectivity index (χ2n) is 5.83. The van der Waals surface area contributed by atoms with Gasteiger partial charge in [0.1, 0.15) is 5.75 Å². The van der Waals surface area contributed by atoms with E-state index in [1.807, 2.05) is 6.07 Å². The molecule has 23 heavy (non-hydrogen) atoms. The number of nitro groups is 1. The van der Waals surface area contributed by atoms with Crippen LogP contribution in [0.15, 0.2) is 18.2 Å². The third-order valence-electron chi connectivity index (χ3n) is 4.37. The molecule has 0 aliphatic carbocycles. The second kappa shape index (κ2) is 8.72. The molecule has 1 aromatic carbocycles. The van der Waals surface area contributed by atoms with Gasteiger partial charge in [-0.05, 0) is 38.4 Å². The molecule has 1 heterocycles. The largest absolute Gasteiger partial charge is 0.491 e. The number of nitro benzene ring substituents is 1. The van der Waals surface area contributed by atoms with Gasteiger partial charge in [-0.1, -0.05) is 13.8 Å². The molecule has 0 aromatic heterocycles. The van der Waals surface area contributed by atoms with Crippen LogP contribution in [0.25, 0.3) is 0 Å². The summed E-state index contributed by atoms with van der Waals surface area (Å²) in [4.78, 5) is 15.2. The average molecular weight is 321 g/mol. The van der Waals surface area contributed by atoms with Crippen LogP contribution >= 0.6 is 0 Å². The summed E-state index contributed by atoms with van der Waals surface area (Å²) < 4.78 is 5.91. The molecule has 0 saturated carbocycles. The number of rotatable bonds is 9.